The first-order valence-electron chi connectivity index (χ1n) is 8.20. The van der Waals surface area contributed by atoms with Crippen molar-refractivity contribution in [3.63, 3.8) is 0 Å². The average Bonchev–Trinajstić information content (AvgIpc) is 2.65. The lowest BCUT2D eigenvalue weighted by Gasteiger charge is -2.30. The SMILES string of the molecule is O=C(Oc1ccc(Br)cc1)C1CCN(S(=O)(=O)c2cc(Cl)ccc2Cl)CC1. The number of carbonyl (C=O) groups excluding carboxylic acids is 1. The quantitative estimate of drug-likeness (QED) is 0.455. The summed E-state index contributed by atoms with van der Waals surface area (Å²) in [7, 11) is -3.77. The minimum Gasteiger partial charge on any atom is -0.426 e. The van der Waals surface area contributed by atoms with Crippen LogP contribution < -0.4 is 4.74 Å². The van der Waals surface area contributed by atoms with E-state index in [0.29, 0.717) is 23.6 Å². The van der Waals surface area contributed by atoms with Crippen LogP contribution in [0.15, 0.2) is 51.8 Å². The number of benzene rings is 2. The highest BCUT2D eigenvalue weighted by molar-refractivity contribution is 9.10. The van der Waals surface area contributed by atoms with E-state index in [-0.39, 0.29) is 34.9 Å². The normalized spacial score (nSPS) is 16.3. The molecular weight excluding hydrogens is 477 g/mol. The number of piperidine rings is 1. The van der Waals surface area contributed by atoms with Crippen LogP contribution in [0, 0.1) is 5.92 Å². The summed E-state index contributed by atoms with van der Waals surface area (Å²) in [6.07, 6.45) is 0.763. The predicted octanol–water partition coefficient (Wildman–Crippen LogP) is 4.76. The number of ether oxygens (including phenoxy) is 1. The molecule has 0 N–H and O–H groups in total. The van der Waals surface area contributed by atoms with Crippen molar-refractivity contribution in [2.24, 2.45) is 5.92 Å². The molecule has 144 valence electrons. The largest absolute Gasteiger partial charge is 0.426 e. The van der Waals surface area contributed by atoms with Gasteiger partial charge in [-0.1, -0.05) is 39.1 Å². The third-order valence-corrected chi connectivity index (χ3v) is 7.47. The monoisotopic (exact) mass is 491 g/mol. The van der Waals surface area contributed by atoms with Gasteiger partial charge in [0.2, 0.25) is 10.0 Å². The van der Waals surface area contributed by atoms with E-state index >= 15 is 0 Å². The maximum atomic E-state index is 12.8. The van der Waals surface area contributed by atoms with Crippen molar-refractivity contribution in [1.82, 2.24) is 4.31 Å². The lowest BCUT2D eigenvalue weighted by Crippen LogP contribution is -2.41. The Morgan fingerprint density at radius 3 is 2.33 bits per heavy atom. The molecule has 1 aliphatic heterocycles. The van der Waals surface area contributed by atoms with Crippen LogP contribution in [-0.2, 0) is 14.8 Å². The first-order valence-corrected chi connectivity index (χ1v) is 11.2. The summed E-state index contributed by atoms with van der Waals surface area (Å²) in [5.74, 6) is -0.242. The zero-order chi connectivity index (χ0) is 19.6. The molecule has 0 amide bonds. The van der Waals surface area contributed by atoms with Crippen LogP contribution in [0.4, 0.5) is 0 Å². The van der Waals surface area contributed by atoms with Crippen LogP contribution in [-0.4, -0.2) is 31.8 Å². The number of hydrogen-bond acceptors (Lipinski definition) is 4. The molecule has 2 aromatic rings. The second kappa shape index (κ2) is 8.49. The fraction of sp³-hybridized carbons (Fsp3) is 0.278. The number of nitrogens with zero attached hydrogens (tertiary/aromatic N) is 1. The number of rotatable bonds is 4. The van der Waals surface area contributed by atoms with Crippen LogP contribution in [0.25, 0.3) is 0 Å². The van der Waals surface area contributed by atoms with E-state index in [2.05, 4.69) is 15.9 Å². The Kier molecular flexibility index (Phi) is 6.48. The predicted molar refractivity (Wildman–Crippen MR) is 108 cm³/mol. The highest BCUT2D eigenvalue weighted by atomic mass is 79.9. The molecule has 1 fully saturated rings. The van der Waals surface area contributed by atoms with Crippen LogP contribution in [0.2, 0.25) is 10.0 Å². The molecule has 1 heterocycles. The topological polar surface area (TPSA) is 63.7 Å². The highest BCUT2D eigenvalue weighted by Crippen LogP contribution is 2.30. The first-order chi connectivity index (χ1) is 12.8. The maximum absolute atomic E-state index is 12.8. The van der Waals surface area contributed by atoms with Crippen LogP contribution in [0.1, 0.15) is 12.8 Å². The van der Waals surface area contributed by atoms with E-state index in [1.807, 2.05) is 0 Å². The highest BCUT2D eigenvalue weighted by Gasteiger charge is 2.34. The first kappa shape index (κ1) is 20.6. The fourth-order valence-corrected chi connectivity index (χ4v) is 5.32. The van der Waals surface area contributed by atoms with Crippen molar-refractivity contribution in [1.29, 1.82) is 0 Å². The Balaban J connectivity index is 1.65. The smallest absolute Gasteiger partial charge is 0.314 e. The second-order valence-electron chi connectivity index (χ2n) is 6.13. The van der Waals surface area contributed by atoms with Gasteiger partial charge in [-0.15, -0.1) is 0 Å². The van der Waals surface area contributed by atoms with Crippen molar-refractivity contribution in [3.8, 4) is 5.75 Å². The van der Waals surface area contributed by atoms with Gasteiger partial charge in [-0.25, -0.2) is 8.42 Å². The second-order valence-corrected chi connectivity index (χ2v) is 9.79. The summed E-state index contributed by atoms with van der Waals surface area (Å²) in [6, 6.07) is 11.3. The van der Waals surface area contributed by atoms with Crippen molar-refractivity contribution in [3.05, 3.63) is 57.0 Å². The van der Waals surface area contributed by atoms with Crippen molar-refractivity contribution in [2.75, 3.05) is 13.1 Å². The lowest BCUT2D eigenvalue weighted by molar-refractivity contribution is -0.140. The van der Waals surface area contributed by atoms with Gasteiger partial charge in [-0.3, -0.25) is 4.79 Å². The summed E-state index contributed by atoms with van der Waals surface area (Å²) >= 11 is 15.3. The van der Waals surface area contributed by atoms with Gasteiger partial charge in [0, 0.05) is 22.6 Å². The van der Waals surface area contributed by atoms with E-state index in [1.54, 1.807) is 24.3 Å². The molecule has 1 aliphatic rings. The molecular formula is C18H16BrCl2NO4S. The zero-order valence-electron chi connectivity index (χ0n) is 14.1. The molecule has 0 atom stereocenters. The number of sulfonamides is 1. The molecule has 0 radical (unpaired) electrons. The molecule has 0 bridgehead atoms. The fourth-order valence-electron chi connectivity index (χ4n) is 2.85. The third-order valence-electron chi connectivity index (χ3n) is 4.33. The van der Waals surface area contributed by atoms with Gasteiger partial charge in [0.05, 0.1) is 10.9 Å². The van der Waals surface area contributed by atoms with E-state index < -0.39 is 10.0 Å². The Hall–Kier alpha value is -1.12. The molecule has 27 heavy (non-hydrogen) atoms. The minimum atomic E-state index is -3.77. The van der Waals surface area contributed by atoms with Crippen molar-refractivity contribution in [2.45, 2.75) is 17.7 Å². The van der Waals surface area contributed by atoms with Gasteiger partial charge >= 0.3 is 5.97 Å². The standard InChI is InChI=1S/C18H16BrCl2NO4S/c19-13-1-4-15(5-2-13)26-18(23)12-7-9-22(10-8-12)27(24,25)17-11-14(20)3-6-16(17)21/h1-6,11-12H,7-10H2. The summed E-state index contributed by atoms with van der Waals surface area (Å²) in [4.78, 5) is 12.3. The number of hydrogen-bond donors (Lipinski definition) is 0. The molecule has 0 saturated carbocycles. The Labute approximate surface area is 176 Å². The van der Waals surface area contributed by atoms with Gasteiger partial charge in [-0.05, 0) is 55.3 Å². The van der Waals surface area contributed by atoms with Crippen LogP contribution >= 0.6 is 39.1 Å². The Morgan fingerprint density at radius 1 is 1.07 bits per heavy atom. The summed E-state index contributed by atoms with van der Waals surface area (Å²) < 4.78 is 33.2. The van der Waals surface area contributed by atoms with E-state index in [4.69, 9.17) is 27.9 Å². The van der Waals surface area contributed by atoms with E-state index in [0.717, 1.165) is 4.47 Å². The van der Waals surface area contributed by atoms with Crippen LogP contribution in [0.3, 0.4) is 0 Å². The summed E-state index contributed by atoms with van der Waals surface area (Å²) in [5, 5.41) is 0.419. The summed E-state index contributed by atoms with van der Waals surface area (Å²) in [6.45, 7) is 0.427. The van der Waals surface area contributed by atoms with E-state index in [9.17, 15) is 13.2 Å². The molecule has 3 rings (SSSR count). The number of carbonyl (C=O) groups is 1. The third kappa shape index (κ3) is 4.84. The summed E-state index contributed by atoms with van der Waals surface area (Å²) in [5.41, 5.74) is 0. The lowest BCUT2D eigenvalue weighted by atomic mass is 9.98. The Bertz CT molecular complexity index is 942. The zero-order valence-corrected chi connectivity index (χ0v) is 18.0. The molecule has 1 saturated heterocycles. The van der Waals surface area contributed by atoms with Gasteiger partial charge < -0.3 is 4.74 Å². The molecule has 5 nitrogen and oxygen atoms in total. The van der Waals surface area contributed by atoms with Crippen molar-refractivity contribution < 1.29 is 17.9 Å². The molecule has 2 aromatic carbocycles. The van der Waals surface area contributed by atoms with Gasteiger partial charge in [0.25, 0.3) is 0 Å². The Morgan fingerprint density at radius 2 is 1.70 bits per heavy atom. The minimum absolute atomic E-state index is 0.0208. The van der Waals surface area contributed by atoms with Gasteiger partial charge in [0.15, 0.2) is 0 Å². The van der Waals surface area contributed by atoms with E-state index in [1.165, 1.54) is 22.5 Å². The molecule has 9 heteroatoms. The maximum Gasteiger partial charge on any atom is 0.314 e. The van der Waals surface area contributed by atoms with Crippen molar-refractivity contribution >= 4 is 55.1 Å². The molecule has 0 aliphatic carbocycles. The average molecular weight is 493 g/mol. The van der Waals surface area contributed by atoms with Gasteiger partial charge in [0.1, 0.15) is 10.6 Å². The molecule has 0 spiro atoms. The van der Waals surface area contributed by atoms with Crippen LogP contribution in [0.5, 0.6) is 5.75 Å². The molecule has 0 aromatic heterocycles. The molecule has 0 unspecified atom stereocenters. The number of halogens is 3. The number of esters is 1. The van der Waals surface area contributed by atoms with Gasteiger partial charge in [-0.2, -0.15) is 4.31 Å².